The molecule has 0 N–H and O–H groups in total. The van der Waals surface area contributed by atoms with Crippen molar-refractivity contribution in [2.75, 3.05) is 0 Å². The van der Waals surface area contributed by atoms with Gasteiger partial charge in [-0.05, 0) is 50.8 Å². The Hall–Kier alpha value is -1.31. The topological polar surface area (TPSA) is 17.8 Å². The van der Waals surface area contributed by atoms with Crippen molar-refractivity contribution < 1.29 is 0 Å². The van der Waals surface area contributed by atoms with Crippen molar-refractivity contribution in [3.63, 3.8) is 0 Å². The lowest BCUT2D eigenvalue weighted by molar-refractivity contribution is 0.570. The Bertz CT molecular complexity index is 548. The fourth-order valence-corrected chi connectivity index (χ4v) is 2.70. The largest absolute Gasteiger partial charge is 0.327 e. The smallest absolute Gasteiger partial charge is 0.140 e. The van der Waals surface area contributed by atoms with Crippen molar-refractivity contribution in [2.45, 2.75) is 53.5 Å². The number of rotatable bonds is 2. The summed E-state index contributed by atoms with van der Waals surface area (Å²) in [7, 11) is 0. The standard InChI is InChI=1S/C15H22N2/c1-9(2)14-12(6)13-7-11(5)8-16-15(13)17(14)10(3)4/h7-10H,1-6H3. The van der Waals surface area contributed by atoms with Gasteiger partial charge in [0.1, 0.15) is 5.65 Å². The molecule has 0 aliphatic rings. The molecule has 2 heterocycles. The molecule has 0 saturated carbocycles. The van der Waals surface area contributed by atoms with Crippen LogP contribution in [0.1, 0.15) is 56.5 Å². The van der Waals surface area contributed by atoms with E-state index < -0.39 is 0 Å². The molecule has 2 rings (SSSR count). The van der Waals surface area contributed by atoms with E-state index in [-0.39, 0.29) is 0 Å². The van der Waals surface area contributed by atoms with Crippen molar-refractivity contribution in [3.05, 3.63) is 29.1 Å². The molecule has 0 radical (unpaired) electrons. The van der Waals surface area contributed by atoms with E-state index in [0.29, 0.717) is 12.0 Å². The van der Waals surface area contributed by atoms with Gasteiger partial charge in [0.25, 0.3) is 0 Å². The predicted molar refractivity (Wildman–Crippen MR) is 73.7 cm³/mol. The lowest BCUT2D eigenvalue weighted by Gasteiger charge is -2.17. The first-order chi connectivity index (χ1) is 7.93. The molecule has 0 saturated heterocycles. The number of aromatic nitrogens is 2. The van der Waals surface area contributed by atoms with Gasteiger partial charge in [-0.25, -0.2) is 4.98 Å². The molecule has 0 unspecified atom stereocenters. The average Bonchev–Trinajstić information content (AvgIpc) is 2.52. The lowest BCUT2D eigenvalue weighted by Crippen LogP contribution is -2.08. The molecule has 2 aromatic rings. The molecule has 0 spiro atoms. The third-order valence-corrected chi connectivity index (χ3v) is 3.34. The van der Waals surface area contributed by atoms with Gasteiger partial charge in [-0.3, -0.25) is 0 Å². The molecule has 2 aromatic heterocycles. The number of aryl methyl sites for hydroxylation is 2. The Balaban J connectivity index is 2.88. The van der Waals surface area contributed by atoms with Crippen LogP contribution in [-0.4, -0.2) is 9.55 Å². The number of pyridine rings is 1. The Morgan fingerprint density at radius 1 is 1.12 bits per heavy atom. The molecule has 2 heteroatoms. The summed E-state index contributed by atoms with van der Waals surface area (Å²) in [6.07, 6.45) is 1.96. The molecule has 0 amide bonds. The van der Waals surface area contributed by atoms with Gasteiger partial charge in [-0.15, -0.1) is 0 Å². The Kier molecular flexibility index (Phi) is 2.98. The summed E-state index contributed by atoms with van der Waals surface area (Å²) in [5.41, 5.74) is 5.18. The third kappa shape index (κ3) is 1.86. The van der Waals surface area contributed by atoms with E-state index in [1.807, 2.05) is 6.20 Å². The first kappa shape index (κ1) is 12.2. The maximum absolute atomic E-state index is 4.63. The maximum Gasteiger partial charge on any atom is 0.140 e. The molecule has 0 atom stereocenters. The highest BCUT2D eigenvalue weighted by atomic mass is 15.1. The minimum Gasteiger partial charge on any atom is -0.327 e. The van der Waals surface area contributed by atoms with Gasteiger partial charge in [-0.2, -0.15) is 0 Å². The van der Waals surface area contributed by atoms with E-state index in [9.17, 15) is 0 Å². The van der Waals surface area contributed by atoms with Crippen LogP contribution in [-0.2, 0) is 0 Å². The number of fused-ring (bicyclic) bond motifs is 1. The van der Waals surface area contributed by atoms with Crippen LogP contribution in [0.4, 0.5) is 0 Å². The summed E-state index contributed by atoms with van der Waals surface area (Å²) in [4.78, 5) is 4.63. The van der Waals surface area contributed by atoms with Gasteiger partial charge < -0.3 is 4.57 Å². The second kappa shape index (κ2) is 4.17. The van der Waals surface area contributed by atoms with E-state index in [2.05, 4.69) is 57.2 Å². The molecular formula is C15H22N2. The Morgan fingerprint density at radius 3 is 2.29 bits per heavy atom. The van der Waals surface area contributed by atoms with E-state index in [0.717, 1.165) is 5.65 Å². The molecule has 0 aliphatic carbocycles. The third-order valence-electron chi connectivity index (χ3n) is 3.34. The summed E-state index contributed by atoms with van der Waals surface area (Å²) in [5.74, 6) is 0.534. The van der Waals surface area contributed by atoms with Crippen LogP contribution in [0.2, 0.25) is 0 Å². The zero-order chi connectivity index (χ0) is 12.7. The highest BCUT2D eigenvalue weighted by molar-refractivity contribution is 5.83. The summed E-state index contributed by atoms with van der Waals surface area (Å²) < 4.78 is 2.38. The van der Waals surface area contributed by atoms with Crippen molar-refractivity contribution >= 4 is 11.0 Å². The summed E-state index contributed by atoms with van der Waals surface area (Å²) in [5, 5.41) is 1.31. The molecule has 92 valence electrons. The van der Waals surface area contributed by atoms with Crippen LogP contribution >= 0.6 is 0 Å². The second-order valence-electron chi connectivity index (χ2n) is 5.51. The number of nitrogens with zero attached hydrogens (tertiary/aromatic N) is 2. The van der Waals surface area contributed by atoms with Gasteiger partial charge in [0.2, 0.25) is 0 Å². The van der Waals surface area contributed by atoms with Gasteiger partial charge in [0.15, 0.2) is 0 Å². The molecule has 0 aliphatic heterocycles. The van der Waals surface area contributed by atoms with Crippen LogP contribution < -0.4 is 0 Å². The van der Waals surface area contributed by atoms with E-state index in [1.165, 1.54) is 22.2 Å². The van der Waals surface area contributed by atoms with Crippen LogP contribution in [0, 0.1) is 13.8 Å². The fourth-order valence-electron chi connectivity index (χ4n) is 2.70. The van der Waals surface area contributed by atoms with Gasteiger partial charge in [0.05, 0.1) is 0 Å². The fraction of sp³-hybridized carbons (Fsp3) is 0.533. The lowest BCUT2D eigenvalue weighted by atomic mass is 10.0. The Morgan fingerprint density at radius 2 is 1.76 bits per heavy atom. The minimum atomic E-state index is 0.457. The van der Waals surface area contributed by atoms with Crippen LogP contribution in [0.15, 0.2) is 12.3 Å². The van der Waals surface area contributed by atoms with Crippen molar-refractivity contribution in [1.82, 2.24) is 9.55 Å². The molecule has 0 fully saturated rings. The molecule has 2 nitrogen and oxygen atoms in total. The van der Waals surface area contributed by atoms with Gasteiger partial charge >= 0.3 is 0 Å². The van der Waals surface area contributed by atoms with E-state index in [1.54, 1.807) is 0 Å². The summed E-state index contributed by atoms with van der Waals surface area (Å²) >= 11 is 0. The quantitative estimate of drug-likeness (QED) is 0.749. The zero-order valence-corrected chi connectivity index (χ0v) is 11.7. The zero-order valence-electron chi connectivity index (χ0n) is 11.7. The van der Waals surface area contributed by atoms with Crippen LogP contribution in [0.25, 0.3) is 11.0 Å². The minimum absolute atomic E-state index is 0.457. The summed E-state index contributed by atoms with van der Waals surface area (Å²) in [6.45, 7) is 13.3. The van der Waals surface area contributed by atoms with E-state index >= 15 is 0 Å². The Labute approximate surface area is 104 Å². The number of hydrogen-bond donors (Lipinski definition) is 0. The van der Waals surface area contributed by atoms with Crippen LogP contribution in [0.3, 0.4) is 0 Å². The highest BCUT2D eigenvalue weighted by Gasteiger charge is 2.19. The summed E-state index contributed by atoms with van der Waals surface area (Å²) in [6, 6.07) is 2.71. The maximum atomic E-state index is 4.63. The SMILES string of the molecule is Cc1cnc2c(c1)c(C)c(C(C)C)n2C(C)C. The molecule has 0 aromatic carbocycles. The highest BCUT2D eigenvalue weighted by Crippen LogP contribution is 2.32. The molecule has 0 bridgehead atoms. The first-order valence-corrected chi connectivity index (χ1v) is 6.40. The monoisotopic (exact) mass is 230 g/mol. The predicted octanol–water partition coefficient (Wildman–Crippen LogP) is 4.36. The van der Waals surface area contributed by atoms with Gasteiger partial charge in [-0.1, -0.05) is 13.8 Å². The van der Waals surface area contributed by atoms with Crippen molar-refractivity contribution in [2.24, 2.45) is 0 Å². The molecular weight excluding hydrogens is 208 g/mol. The van der Waals surface area contributed by atoms with Crippen molar-refractivity contribution in [1.29, 1.82) is 0 Å². The van der Waals surface area contributed by atoms with Gasteiger partial charge in [0, 0.05) is 23.3 Å². The average molecular weight is 230 g/mol. The molecule has 17 heavy (non-hydrogen) atoms. The van der Waals surface area contributed by atoms with Crippen molar-refractivity contribution in [3.8, 4) is 0 Å². The normalized spacial score (nSPS) is 12.0. The first-order valence-electron chi connectivity index (χ1n) is 6.40. The number of hydrogen-bond acceptors (Lipinski definition) is 1. The second-order valence-corrected chi connectivity index (χ2v) is 5.51. The van der Waals surface area contributed by atoms with E-state index in [4.69, 9.17) is 0 Å². The van der Waals surface area contributed by atoms with Crippen LogP contribution in [0.5, 0.6) is 0 Å².